The summed E-state index contributed by atoms with van der Waals surface area (Å²) in [6.07, 6.45) is 3.36. The first-order valence-corrected chi connectivity index (χ1v) is 6.26. The highest BCUT2D eigenvalue weighted by atomic mass is 16.4. The first-order valence-electron chi connectivity index (χ1n) is 6.26. The minimum Gasteiger partial charge on any atom is -0.478 e. The van der Waals surface area contributed by atoms with Gasteiger partial charge in [0.15, 0.2) is 0 Å². The van der Waals surface area contributed by atoms with Crippen molar-refractivity contribution in [2.24, 2.45) is 5.92 Å². The number of anilines is 1. The molecule has 1 atom stereocenters. The normalized spacial score (nSPS) is 12.4. The van der Waals surface area contributed by atoms with Gasteiger partial charge >= 0.3 is 5.97 Å². The number of carbonyl (C=O) groups is 2. The lowest BCUT2D eigenvalue weighted by Gasteiger charge is -2.12. The molecule has 1 amide bonds. The predicted octanol–water partition coefficient (Wildman–Crippen LogP) is 3.08. The van der Waals surface area contributed by atoms with Crippen LogP contribution in [0.3, 0.4) is 0 Å². The summed E-state index contributed by atoms with van der Waals surface area (Å²) in [5.41, 5.74) is 2.41. The maximum absolute atomic E-state index is 11.8. The summed E-state index contributed by atoms with van der Waals surface area (Å²) in [5.74, 6) is -1.06. The smallest absolute Gasteiger partial charge is 0.328 e. The van der Waals surface area contributed by atoms with Crippen molar-refractivity contribution in [3.05, 3.63) is 35.4 Å². The van der Waals surface area contributed by atoms with Crippen molar-refractivity contribution in [3.63, 3.8) is 0 Å². The van der Waals surface area contributed by atoms with Crippen LogP contribution >= 0.6 is 0 Å². The molecule has 1 rings (SSSR count). The molecule has 1 aromatic carbocycles. The van der Waals surface area contributed by atoms with E-state index in [-0.39, 0.29) is 11.8 Å². The summed E-state index contributed by atoms with van der Waals surface area (Å²) >= 11 is 0. The van der Waals surface area contributed by atoms with Crippen molar-refractivity contribution in [3.8, 4) is 0 Å². The van der Waals surface area contributed by atoms with Gasteiger partial charge in [-0.3, -0.25) is 4.79 Å². The summed E-state index contributed by atoms with van der Waals surface area (Å²) < 4.78 is 0. The molecule has 0 saturated heterocycles. The van der Waals surface area contributed by atoms with Gasteiger partial charge in [-0.1, -0.05) is 26.0 Å². The molecule has 0 bridgehead atoms. The molecule has 19 heavy (non-hydrogen) atoms. The first-order chi connectivity index (χ1) is 8.93. The van der Waals surface area contributed by atoms with Gasteiger partial charge in [-0.15, -0.1) is 0 Å². The highest BCUT2D eigenvalue weighted by Crippen LogP contribution is 2.19. The SMILES string of the molecule is CCC(C)C(=O)Nc1cc(/C=C/C(=O)O)ccc1C. The quantitative estimate of drug-likeness (QED) is 0.800. The number of aliphatic carboxylic acids is 1. The van der Waals surface area contributed by atoms with E-state index in [0.29, 0.717) is 0 Å². The Morgan fingerprint density at radius 3 is 2.68 bits per heavy atom. The van der Waals surface area contributed by atoms with E-state index in [4.69, 9.17) is 5.11 Å². The molecule has 0 saturated carbocycles. The average Bonchev–Trinajstić information content (AvgIpc) is 2.38. The van der Waals surface area contributed by atoms with Crippen LogP contribution in [-0.4, -0.2) is 17.0 Å². The zero-order chi connectivity index (χ0) is 14.4. The van der Waals surface area contributed by atoms with Crippen molar-refractivity contribution in [1.82, 2.24) is 0 Å². The lowest BCUT2D eigenvalue weighted by atomic mass is 10.1. The molecule has 0 spiro atoms. The van der Waals surface area contributed by atoms with Crippen LogP contribution in [0.25, 0.3) is 6.08 Å². The molecule has 0 fully saturated rings. The molecule has 1 aromatic rings. The van der Waals surface area contributed by atoms with E-state index in [9.17, 15) is 9.59 Å². The maximum Gasteiger partial charge on any atom is 0.328 e. The summed E-state index contributed by atoms with van der Waals surface area (Å²) in [6, 6.07) is 5.44. The second-order valence-electron chi connectivity index (χ2n) is 4.54. The van der Waals surface area contributed by atoms with Gasteiger partial charge in [0.25, 0.3) is 0 Å². The van der Waals surface area contributed by atoms with Gasteiger partial charge < -0.3 is 10.4 Å². The average molecular weight is 261 g/mol. The van der Waals surface area contributed by atoms with Crippen molar-refractivity contribution in [2.45, 2.75) is 27.2 Å². The van der Waals surface area contributed by atoms with Crippen molar-refractivity contribution in [1.29, 1.82) is 0 Å². The van der Waals surface area contributed by atoms with E-state index >= 15 is 0 Å². The second kappa shape index (κ2) is 6.73. The zero-order valence-electron chi connectivity index (χ0n) is 11.4. The number of carboxylic acid groups (broad SMARTS) is 1. The second-order valence-corrected chi connectivity index (χ2v) is 4.54. The van der Waals surface area contributed by atoms with Gasteiger partial charge in [0.1, 0.15) is 0 Å². The van der Waals surface area contributed by atoms with Crippen LogP contribution in [0.2, 0.25) is 0 Å². The third-order valence-electron chi connectivity index (χ3n) is 3.00. The number of carbonyl (C=O) groups excluding carboxylic acids is 1. The summed E-state index contributed by atoms with van der Waals surface area (Å²) in [5, 5.41) is 11.5. The standard InChI is InChI=1S/C15H19NO3/c1-4-10(2)15(19)16-13-9-12(6-5-11(13)3)7-8-14(17)18/h5-10H,4H2,1-3H3,(H,16,19)(H,17,18)/b8-7+. The Morgan fingerprint density at radius 2 is 2.11 bits per heavy atom. The molecule has 4 nitrogen and oxygen atoms in total. The lowest BCUT2D eigenvalue weighted by molar-refractivity contribution is -0.131. The van der Waals surface area contributed by atoms with Crippen molar-refractivity contribution in [2.75, 3.05) is 5.32 Å². The molecular weight excluding hydrogens is 242 g/mol. The first kappa shape index (κ1) is 15.0. The van der Waals surface area contributed by atoms with E-state index in [1.54, 1.807) is 6.07 Å². The summed E-state index contributed by atoms with van der Waals surface area (Å²) in [4.78, 5) is 22.3. The highest BCUT2D eigenvalue weighted by Gasteiger charge is 2.11. The van der Waals surface area contributed by atoms with E-state index in [2.05, 4.69) is 5.32 Å². The third-order valence-corrected chi connectivity index (χ3v) is 3.00. The molecule has 2 N–H and O–H groups in total. The lowest BCUT2D eigenvalue weighted by Crippen LogP contribution is -2.20. The maximum atomic E-state index is 11.8. The molecule has 0 aromatic heterocycles. The molecule has 1 unspecified atom stereocenters. The molecule has 0 aliphatic rings. The number of nitrogens with one attached hydrogen (secondary N) is 1. The number of hydrogen-bond acceptors (Lipinski definition) is 2. The molecule has 102 valence electrons. The number of aryl methyl sites for hydroxylation is 1. The van der Waals surface area contributed by atoms with E-state index in [1.165, 1.54) is 6.08 Å². The van der Waals surface area contributed by atoms with Crippen LogP contribution in [0.1, 0.15) is 31.4 Å². The monoisotopic (exact) mass is 261 g/mol. The van der Waals surface area contributed by atoms with Gasteiger partial charge in [-0.2, -0.15) is 0 Å². The Balaban J connectivity index is 2.91. The summed E-state index contributed by atoms with van der Waals surface area (Å²) in [6.45, 7) is 5.74. The zero-order valence-corrected chi connectivity index (χ0v) is 11.4. The number of hydrogen-bond donors (Lipinski definition) is 2. The van der Waals surface area contributed by atoms with Gasteiger partial charge in [0, 0.05) is 17.7 Å². The largest absolute Gasteiger partial charge is 0.478 e. The highest BCUT2D eigenvalue weighted by molar-refractivity contribution is 5.93. The Kier molecular flexibility index (Phi) is 5.30. The van der Waals surface area contributed by atoms with E-state index < -0.39 is 5.97 Å². The third kappa shape index (κ3) is 4.58. The minimum absolute atomic E-state index is 0.0232. The Labute approximate surface area is 113 Å². The van der Waals surface area contributed by atoms with Gasteiger partial charge in [0.05, 0.1) is 0 Å². The van der Waals surface area contributed by atoms with Crippen molar-refractivity contribution < 1.29 is 14.7 Å². The van der Waals surface area contributed by atoms with Gasteiger partial charge in [-0.05, 0) is 36.6 Å². The van der Waals surface area contributed by atoms with E-state index in [1.807, 2.05) is 32.9 Å². The predicted molar refractivity (Wildman–Crippen MR) is 75.9 cm³/mol. The topological polar surface area (TPSA) is 66.4 Å². The molecule has 0 aliphatic carbocycles. The van der Waals surface area contributed by atoms with Crippen LogP contribution in [0.4, 0.5) is 5.69 Å². The number of carboxylic acids is 1. The number of benzene rings is 1. The fourth-order valence-electron chi connectivity index (χ4n) is 1.49. The summed E-state index contributed by atoms with van der Waals surface area (Å²) in [7, 11) is 0. The molecular formula is C15H19NO3. The Morgan fingerprint density at radius 1 is 1.42 bits per heavy atom. The number of amides is 1. The van der Waals surface area contributed by atoms with Crippen LogP contribution in [0.5, 0.6) is 0 Å². The van der Waals surface area contributed by atoms with E-state index in [0.717, 1.165) is 29.3 Å². The fraction of sp³-hybridized carbons (Fsp3) is 0.333. The van der Waals surface area contributed by atoms with Crippen molar-refractivity contribution >= 4 is 23.6 Å². The minimum atomic E-state index is -0.995. The van der Waals surface area contributed by atoms with Crippen LogP contribution in [-0.2, 0) is 9.59 Å². The Bertz CT molecular complexity index is 506. The van der Waals surface area contributed by atoms with Crippen LogP contribution < -0.4 is 5.32 Å². The van der Waals surface area contributed by atoms with Crippen LogP contribution in [0.15, 0.2) is 24.3 Å². The molecule has 0 radical (unpaired) electrons. The molecule has 4 heteroatoms. The van der Waals surface area contributed by atoms with Gasteiger partial charge in [-0.25, -0.2) is 4.79 Å². The Hall–Kier alpha value is -2.10. The fourth-order valence-corrected chi connectivity index (χ4v) is 1.49. The van der Waals surface area contributed by atoms with Crippen LogP contribution in [0, 0.1) is 12.8 Å². The molecule has 0 heterocycles. The number of rotatable bonds is 5. The molecule has 0 aliphatic heterocycles. The van der Waals surface area contributed by atoms with Gasteiger partial charge in [0.2, 0.25) is 5.91 Å².